The van der Waals surface area contributed by atoms with Gasteiger partial charge in [0.05, 0.1) is 5.92 Å². The van der Waals surface area contributed by atoms with E-state index in [0.29, 0.717) is 13.0 Å². The van der Waals surface area contributed by atoms with Crippen molar-refractivity contribution in [1.82, 2.24) is 5.32 Å². The number of aliphatic carboxylic acids is 1. The Hall–Kier alpha value is -1.35. The normalized spacial score (nSPS) is 23.9. The molecule has 0 spiro atoms. The molecule has 2 atom stereocenters. The van der Waals surface area contributed by atoms with Crippen LogP contribution in [0.25, 0.3) is 0 Å². The summed E-state index contributed by atoms with van der Waals surface area (Å²) >= 11 is 0. The van der Waals surface area contributed by atoms with Gasteiger partial charge in [0.2, 0.25) is 0 Å². The van der Waals surface area contributed by atoms with E-state index in [1.54, 1.807) is 0 Å². The molecule has 0 bridgehead atoms. The quantitative estimate of drug-likeness (QED) is 0.842. The molecule has 1 fully saturated rings. The van der Waals surface area contributed by atoms with Gasteiger partial charge in [-0.05, 0) is 36.5 Å². The number of carboxylic acids is 1. The minimum Gasteiger partial charge on any atom is -0.481 e. The van der Waals surface area contributed by atoms with Crippen LogP contribution in [-0.2, 0) is 11.2 Å². The van der Waals surface area contributed by atoms with Gasteiger partial charge in [-0.15, -0.1) is 0 Å². The molecule has 2 N–H and O–H groups in total. The molecule has 0 aliphatic carbocycles. The van der Waals surface area contributed by atoms with Crippen LogP contribution < -0.4 is 5.32 Å². The SMILES string of the molecule is CCc1ccc(C)c(C2CC(C(=O)O)CN2)c1. The molecule has 3 nitrogen and oxygen atoms in total. The zero-order valence-corrected chi connectivity index (χ0v) is 10.4. The maximum absolute atomic E-state index is 10.9. The lowest BCUT2D eigenvalue weighted by Crippen LogP contribution is -2.17. The smallest absolute Gasteiger partial charge is 0.307 e. The van der Waals surface area contributed by atoms with Crippen molar-refractivity contribution in [1.29, 1.82) is 0 Å². The van der Waals surface area contributed by atoms with Crippen molar-refractivity contribution >= 4 is 5.97 Å². The van der Waals surface area contributed by atoms with E-state index in [2.05, 4.69) is 37.4 Å². The fourth-order valence-electron chi connectivity index (χ4n) is 2.45. The summed E-state index contributed by atoms with van der Waals surface area (Å²) in [5.74, 6) is -0.936. The van der Waals surface area contributed by atoms with Gasteiger partial charge in [-0.3, -0.25) is 4.79 Å². The number of benzene rings is 1. The van der Waals surface area contributed by atoms with Crippen molar-refractivity contribution in [2.24, 2.45) is 5.92 Å². The van der Waals surface area contributed by atoms with Crippen molar-refractivity contribution in [3.05, 3.63) is 34.9 Å². The summed E-state index contributed by atoms with van der Waals surface area (Å²) < 4.78 is 0. The number of hydrogen-bond donors (Lipinski definition) is 2. The number of aryl methyl sites for hydroxylation is 2. The van der Waals surface area contributed by atoms with Gasteiger partial charge in [0.25, 0.3) is 0 Å². The van der Waals surface area contributed by atoms with E-state index in [9.17, 15) is 4.79 Å². The first kappa shape index (κ1) is 12.1. The summed E-state index contributed by atoms with van der Waals surface area (Å²) in [5, 5.41) is 12.3. The van der Waals surface area contributed by atoms with Crippen LogP contribution in [0.4, 0.5) is 0 Å². The second kappa shape index (κ2) is 4.88. The average molecular weight is 233 g/mol. The summed E-state index contributed by atoms with van der Waals surface area (Å²) in [7, 11) is 0. The lowest BCUT2D eigenvalue weighted by Gasteiger charge is -2.15. The number of nitrogens with one attached hydrogen (secondary N) is 1. The molecule has 1 heterocycles. The molecular formula is C14H19NO2. The average Bonchev–Trinajstić information content (AvgIpc) is 2.79. The monoisotopic (exact) mass is 233 g/mol. The van der Waals surface area contributed by atoms with E-state index in [-0.39, 0.29) is 12.0 Å². The van der Waals surface area contributed by atoms with Gasteiger partial charge < -0.3 is 10.4 Å². The van der Waals surface area contributed by atoms with Crippen molar-refractivity contribution in [2.45, 2.75) is 32.7 Å². The van der Waals surface area contributed by atoms with Gasteiger partial charge in [0.15, 0.2) is 0 Å². The van der Waals surface area contributed by atoms with Gasteiger partial charge in [0.1, 0.15) is 0 Å². The Morgan fingerprint density at radius 1 is 1.53 bits per heavy atom. The van der Waals surface area contributed by atoms with Crippen LogP contribution in [0.3, 0.4) is 0 Å². The molecule has 2 unspecified atom stereocenters. The highest BCUT2D eigenvalue weighted by Gasteiger charge is 2.30. The Morgan fingerprint density at radius 2 is 2.29 bits per heavy atom. The second-order valence-corrected chi connectivity index (χ2v) is 4.78. The first-order valence-corrected chi connectivity index (χ1v) is 6.17. The van der Waals surface area contributed by atoms with Crippen LogP contribution in [0.5, 0.6) is 0 Å². The van der Waals surface area contributed by atoms with Crippen molar-refractivity contribution < 1.29 is 9.90 Å². The predicted octanol–water partition coefficient (Wildman–Crippen LogP) is 2.29. The van der Waals surface area contributed by atoms with E-state index in [1.807, 2.05) is 0 Å². The molecule has 17 heavy (non-hydrogen) atoms. The van der Waals surface area contributed by atoms with Crippen molar-refractivity contribution in [3.8, 4) is 0 Å². The largest absolute Gasteiger partial charge is 0.481 e. The Bertz CT molecular complexity index is 428. The number of carbonyl (C=O) groups is 1. The van der Waals surface area contributed by atoms with Gasteiger partial charge in [0, 0.05) is 12.6 Å². The lowest BCUT2D eigenvalue weighted by molar-refractivity contribution is -0.141. The topological polar surface area (TPSA) is 49.3 Å². The molecule has 0 aromatic heterocycles. The van der Waals surface area contributed by atoms with Crippen molar-refractivity contribution in [3.63, 3.8) is 0 Å². The first-order chi connectivity index (χ1) is 8.11. The molecule has 1 saturated heterocycles. The van der Waals surface area contributed by atoms with E-state index in [4.69, 9.17) is 5.11 Å². The number of rotatable bonds is 3. The van der Waals surface area contributed by atoms with Gasteiger partial charge in [-0.25, -0.2) is 0 Å². The third-order valence-corrected chi connectivity index (χ3v) is 3.61. The molecule has 1 aliphatic heterocycles. The molecule has 1 aromatic rings. The summed E-state index contributed by atoms with van der Waals surface area (Å²) in [5.41, 5.74) is 3.81. The number of hydrogen-bond acceptors (Lipinski definition) is 2. The minimum absolute atomic E-state index is 0.197. The van der Waals surface area contributed by atoms with Crippen LogP contribution in [0.1, 0.15) is 36.1 Å². The molecule has 0 radical (unpaired) electrons. The Kier molecular flexibility index (Phi) is 3.48. The summed E-state index contributed by atoms with van der Waals surface area (Å²) in [6.45, 7) is 4.80. The maximum atomic E-state index is 10.9. The summed E-state index contributed by atoms with van der Waals surface area (Å²) in [4.78, 5) is 10.9. The Labute approximate surface area is 102 Å². The molecule has 2 rings (SSSR count). The zero-order chi connectivity index (χ0) is 12.4. The highest BCUT2D eigenvalue weighted by atomic mass is 16.4. The fourth-order valence-corrected chi connectivity index (χ4v) is 2.45. The first-order valence-electron chi connectivity index (χ1n) is 6.17. The molecule has 92 valence electrons. The van der Waals surface area contributed by atoms with Crippen LogP contribution in [0, 0.1) is 12.8 Å². The molecule has 0 amide bonds. The van der Waals surface area contributed by atoms with Crippen LogP contribution in [0.2, 0.25) is 0 Å². The molecule has 1 aliphatic rings. The number of carboxylic acid groups (broad SMARTS) is 1. The van der Waals surface area contributed by atoms with Gasteiger partial charge >= 0.3 is 5.97 Å². The van der Waals surface area contributed by atoms with E-state index in [1.165, 1.54) is 16.7 Å². The van der Waals surface area contributed by atoms with E-state index < -0.39 is 5.97 Å². The third kappa shape index (κ3) is 2.50. The van der Waals surface area contributed by atoms with E-state index >= 15 is 0 Å². The fraction of sp³-hybridized carbons (Fsp3) is 0.500. The highest BCUT2D eigenvalue weighted by Crippen LogP contribution is 2.30. The standard InChI is InChI=1S/C14H19NO2/c1-3-10-5-4-9(2)12(6-10)13-7-11(8-15-13)14(16)17/h4-6,11,13,15H,3,7-8H2,1-2H3,(H,16,17). The van der Waals surface area contributed by atoms with Gasteiger partial charge in [-0.1, -0.05) is 25.1 Å². The van der Waals surface area contributed by atoms with Gasteiger partial charge in [-0.2, -0.15) is 0 Å². The zero-order valence-electron chi connectivity index (χ0n) is 10.4. The molecule has 0 saturated carbocycles. The molecule has 3 heteroatoms. The summed E-state index contributed by atoms with van der Waals surface area (Å²) in [6, 6.07) is 6.67. The second-order valence-electron chi connectivity index (χ2n) is 4.78. The maximum Gasteiger partial charge on any atom is 0.307 e. The summed E-state index contributed by atoms with van der Waals surface area (Å²) in [6.07, 6.45) is 1.71. The van der Waals surface area contributed by atoms with Crippen LogP contribution in [-0.4, -0.2) is 17.6 Å². The van der Waals surface area contributed by atoms with E-state index in [0.717, 1.165) is 6.42 Å². The molecular weight excluding hydrogens is 214 g/mol. The third-order valence-electron chi connectivity index (χ3n) is 3.61. The Balaban J connectivity index is 2.20. The predicted molar refractivity (Wildman–Crippen MR) is 67.0 cm³/mol. The highest BCUT2D eigenvalue weighted by molar-refractivity contribution is 5.70. The molecule has 1 aromatic carbocycles. The van der Waals surface area contributed by atoms with Crippen LogP contribution >= 0.6 is 0 Å². The lowest BCUT2D eigenvalue weighted by atomic mass is 9.94. The minimum atomic E-state index is -0.690. The van der Waals surface area contributed by atoms with Crippen molar-refractivity contribution in [2.75, 3.05) is 6.54 Å². The van der Waals surface area contributed by atoms with Crippen LogP contribution in [0.15, 0.2) is 18.2 Å². The Morgan fingerprint density at radius 3 is 2.88 bits per heavy atom.